The Kier molecular flexibility index (Phi) is 6.25. The maximum absolute atomic E-state index is 12.0. The number of carbonyl (C=O) groups is 1. The average molecular weight is 273 g/mol. The Morgan fingerprint density at radius 3 is 2.40 bits per heavy atom. The van der Waals surface area contributed by atoms with Crippen LogP contribution in [0.5, 0.6) is 0 Å². The molecule has 0 spiro atoms. The number of carbonyl (C=O) groups excluding carboxylic acids is 1. The highest BCUT2D eigenvalue weighted by atomic mass is 16.1. The smallest absolute Gasteiger partial charge is 0.162 e. The van der Waals surface area contributed by atoms with Crippen molar-refractivity contribution >= 4 is 5.78 Å². The monoisotopic (exact) mass is 273 g/mol. The Morgan fingerprint density at radius 2 is 1.75 bits per heavy atom. The molecule has 2 heteroatoms. The van der Waals surface area contributed by atoms with E-state index in [1.54, 1.807) is 0 Å². The van der Waals surface area contributed by atoms with Crippen molar-refractivity contribution in [2.24, 2.45) is 0 Å². The quantitative estimate of drug-likeness (QED) is 0.569. The molecule has 2 nitrogen and oxygen atoms in total. The number of hydrogen-bond donors (Lipinski definition) is 0. The van der Waals surface area contributed by atoms with Crippen molar-refractivity contribution in [3.63, 3.8) is 0 Å². The van der Waals surface area contributed by atoms with Crippen molar-refractivity contribution in [2.75, 3.05) is 13.6 Å². The van der Waals surface area contributed by atoms with Crippen LogP contribution in [0, 0.1) is 0 Å². The lowest BCUT2D eigenvalue weighted by Crippen LogP contribution is -2.32. The van der Waals surface area contributed by atoms with Crippen LogP contribution in [0.3, 0.4) is 0 Å². The molecule has 110 valence electrons. The van der Waals surface area contributed by atoms with E-state index in [0.717, 1.165) is 24.6 Å². The lowest BCUT2D eigenvalue weighted by atomic mass is 10.0. The number of Topliss-reactive ketones (excluding diaryl/α,β-unsaturated/α-hetero) is 1. The minimum Gasteiger partial charge on any atom is -0.303 e. The Hall–Kier alpha value is -1.15. The first-order valence-corrected chi connectivity index (χ1v) is 8.06. The first-order valence-electron chi connectivity index (χ1n) is 8.06. The second kappa shape index (κ2) is 8.21. The summed E-state index contributed by atoms with van der Waals surface area (Å²) in [5.74, 6) is 0.278. The van der Waals surface area contributed by atoms with E-state index in [4.69, 9.17) is 0 Å². The average Bonchev–Trinajstić information content (AvgIpc) is 2.77. The van der Waals surface area contributed by atoms with Crippen molar-refractivity contribution < 1.29 is 4.79 Å². The molecule has 0 heterocycles. The summed E-state index contributed by atoms with van der Waals surface area (Å²) < 4.78 is 0. The van der Waals surface area contributed by atoms with Gasteiger partial charge in [-0.25, -0.2) is 0 Å². The first kappa shape index (κ1) is 15.2. The van der Waals surface area contributed by atoms with Crippen LogP contribution in [0.4, 0.5) is 0 Å². The van der Waals surface area contributed by atoms with Crippen LogP contribution in [0.25, 0.3) is 0 Å². The molecule has 1 saturated carbocycles. The van der Waals surface area contributed by atoms with E-state index in [1.807, 2.05) is 30.3 Å². The number of nitrogens with zero attached hydrogens (tertiary/aromatic N) is 1. The van der Waals surface area contributed by atoms with Crippen molar-refractivity contribution in [2.45, 2.75) is 57.4 Å². The molecule has 0 saturated heterocycles. The third-order valence-corrected chi connectivity index (χ3v) is 4.46. The van der Waals surface area contributed by atoms with E-state index in [2.05, 4.69) is 11.9 Å². The minimum atomic E-state index is 0.278. The number of ketones is 1. The summed E-state index contributed by atoms with van der Waals surface area (Å²) in [6, 6.07) is 10.4. The van der Waals surface area contributed by atoms with Crippen LogP contribution in [0.1, 0.15) is 61.7 Å². The summed E-state index contributed by atoms with van der Waals surface area (Å²) in [4.78, 5) is 14.5. The molecule has 20 heavy (non-hydrogen) atoms. The second-order valence-electron chi connectivity index (χ2n) is 6.02. The Labute approximate surface area is 123 Å². The SMILES string of the molecule is CN(CCCC(=O)c1ccccc1)C1CCCCCC1. The topological polar surface area (TPSA) is 20.3 Å². The maximum atomic E-state index is 12.0. The molecule has 0 aromatic heterocycles. The molecular formula is C18H27NO. The Balaban J connectivity index is 1.71. The Morgan fingerprint density at radius 1 is 1.10 bits per heavy atom. The lowest BCUT2D eigenvalue weighted by Gasteiger charge is -2.26. The van der Waals surface area contributed by atoms with Crippen LogP contribution in [-0.4, -0.2) is 30.3 Å². The molecule has 0 atom stereocenters. The number of hydrogen-bond acceptors (Lipinski definition) is 2. The fourth-order valence-electron chi connectivity index (χ4n) is 3.14. The third-order valence-electron chi connectivity index (χ3n) is 4.46. The summed E-state index contributed by atoms with van der Waals surface area (Å²) in [6.45, 7) is 1.04. The van der Waals surface area contributed by atoms with Gasteiger partial charge < -0.3 is 4.90 Å². The zero-order chi connectivity index (χ0) is 14.2. The number of benzene rings is 1. The highest BCUT2D eigenvalue weighted by molar-refractivity contribution is 5.95. The summed E-state index contributed by atoms with van der Waals surface area (Å²) in [5, 5.41) is 0. The van der Waals surface area contributed by atoms with E-state index in [9.17, 15) is 4.79 Å². The molecule has 0 N–H and O–H groups in total. The summed E-state index contributed by atoms with van der Waals surface area (Å²) in [6.07, 6.45) is 9.86. The zero-order valence-electron chi connectivity index (χ0n) is 12.7. The molecule has 0 amide bonds. The van der Waals surface area contributed by atoms with Gasteiger partial charge in [0.1, 0.15) is 0 Å². The van der Waals surface area contributed by atoms with Gasteiger partial charge in [0.25, 0.3) is 0 Å². The summed E-state index contributed by atoms with van der Waals surface area (Å²) >= 11 is 0. The van der Waals surface area contributed by atoms with Gasteiger partial charge in [-0.05, 0) is 32.9 Å². The van der Waals surface area contributed by atoms with E-state index in [0.29, 0.717) is 6.42 Å². The van der Waals surface area contributed by atoms with Crippen molar-refractivity contribution in [3.8, 4) is 0 Å². The largest absolute Gasteiger partial charge is 0.303 e. The highest BCUT2D eigenvalue weighted by Gasteiger charge is 2.16. The molecule has 1 aliphatic carbocycles. The van der Waals surface area contributed by atoms with E-state index >= 15 is 0 Å². The second-order valence-corrected chi connectivity index (χ2v) is 6.02. The van der Waals surface area contributed by atoms with Crippen LogP contribution in [-0.2, 0) is 0 Å². The molecule has 0 radical (unpaired) electrons. The van der Waals surface area contributed by atoms with Crippen molar-refractivity contribution in [1.29, 1.82) is 0 Å². The van der Waals surface area contributed by atoms with E-state index < -0.39 is 0 Å². The van der Waals surface area contributed by atoms with Crippen LogP contribution < -0.4 is 0 Å². The van der Waals surface area contributed by atoms with Crippen molar-refractivity contribution in [1.82, 2.24) is 4.90 Å². The molecular weight excluding hydrogens is 246 g/mol. The zero-order valence-corrected chi connectivity index (χ0v) is 12.7. The van der Waals surface area contributed by atoms with Crippen molar-refractivity contribution in [3.05, 3.63) is 35.9 Å². The summed E-state index contributed by atoms with van der Waals surface area (Å²) in [5.41, 5.74) is 0.851. The highest BCUT2D eigenvalue weighted by Crippen LogP contribution is 2.21. The van der Waals surface area contributed by atoms with E-state index in [-0.39, 0.29) is 5.78 Å². The molecule has 1 aromatic rings. The van der Waals surface area contributed by atoms with Gasteiger partial charge in [-0.3, -0.25) is 4.79 Å². The van der Waals surface area contributed by atoms with E-state index in [1.165, 1.54) is 38.5 Å². The van der Waals surface area contributed by atoms with Gasteiger partial charge in [-0.2, -0.15) is 0 Å². The Bertz CT molecular complexity index is 393. The standard InChI is InChI=1S/C18H27NO/c1-19(17-12-7-2-3-8-13-17)15-9-14-18(20)16-10-5-4-6-11-16/h4-6,10-11,17H,2-3,7-9,12-15H2,1H3. The van der Waals surface area contributed by atoms with Gasteiger partial charge in [0, 0.05) is 18.0 Å². The van der Waals surface area contributed by atoms with Gasteiger partial charge in [-0.15, -0.1) is 0 Å². The van der Waals surface area contributed by atoms with Gasteiger partial charge in [0.15, 0.2) is 5.78 Å². The lowest BCUT2D eigenvalue weighted by molar-refractivity contribution is 0.0972. The molecule has 0 bridgehead atoms. The fraction of sp³-hybridized carbons (Fsp3) is 0.611. The van der Waals surface area contributed by atoms with Gasteiger partial charge in [-0.1, -0.05) is 56.0 Å². The molecule has 1 aliphatic rings. The molecule has 1 aromatic carbocycles. The van der Waals surface area contributed by atoms with Gasteiger partial charge >= 0.3 is 0 Å². The maximum Gasteiger partial charge on any atom is 0.162 e. The minimum absolute atomic E-state index is 0.278. The first-order chi connectivity index (χ1) is 9.77. The summed E-state index contributed by atoms with van der Waals surface area (Å²) in [7, 11) is 2.23. The van der Waals surface area contributed by atoms with Gasteiger partial charge in [0.05, 0.1) is 0 Å². The third kappa shape index (κ3) is 4.75. The van der Waals surface area contributed by atoms with Crippen LogP contribution >= 0.6 is 0 Å². The molecule has 2 rings (SSSR count). The predicted octanol–water partition coefficient (Wildman–Crippen LogP) is 4.30. The molecule has 1 fully saturated rings. The normalized spacial score (nSPS) is 17.1. The van der Waals surface area contributed by atoms with Crippen LogP contribution in [0.15, 0.2) is 30.3 Å². The number of rotatable bonds is 6. The molecule has 0 unspecified atom stereocenters. The van der Waals surface area contributed by atoms with Crippen LogP contribution in [0.2, 0.25) is 0 Å². The fourth-order valence-corrected chi connectivity index (χ4v) is 3.14. The predicted molar refractivity (Wildman–Crippen MR) is 84.1 cm³/mol. The van der Waals surface area contributed by atoms with Gasteiger partial charge in [0.2, 0.25) is 0 Å². The molecule has 0 aliphatic heterocycles.